The number of fused-ring (bicyclic) bond motifs is 1. The lowest BCUT2D eigenvalue weighted by molar-refractivity contribution is 0.103. The maximum Gasteiger partial charge on any atom is 0.266 e. The fraction of sp³-hybridized carbons (Fsp3) is 0.118. The monoisotopic (exact) mass is 317 g/mol. The van der Waals surface area contributed by atoms with Crippen molar-refractivity contribution in [3.05, 3.63) is 64.0 Å². The van der Waals surface area contributed by atoms with Gasteiger partial charge >= 0.3 is 0 Å². The molecule has 0 atom stereocenters. The molecule has 1 amide bonds. The van der Waals surface area contributed by atoms with Gasteiger partial charge in [0.15, 0.2) is 0 Å². The first kappa shape index (κ1) is 14.7. The summed E-state index contributed by atoms with van der Waals surface area (Å²) in [6.07, 6.45) is 0. The topological polar surface area (TPSA) is 29.1 Å². The number of hydrogen-bond donors (Lipinski definition) is 1. The zero-order valence-corrected chi connectivity index (χ0v) is 12.9. The lowest BCUT2D eigenvalue weighted by Crippen LogP contribution is -2.12. The second-order valence-corrected chi connectivity index (χ2v) is 6.13. The summed E-state index contributed by atoms with van der Waals surface area (Å²) in [4.78, 5) is 12.9. The Kier molecular flexibility index (Phi) is 3.66. The van der Waals surface area contributed by atoms with Gasteiger partial charge in [0.1, 0.15) is 11.6 Å². The average Bonchev–Trinajstić information content (AvgIpc) is 2.81. The predicted octanol–water partition coefficient (Wildman–Crippen LogP) is 5.05. The van der Waals surface area contributed by atoms with Gasteiger partial charge in [0.2, 0.25) is 0 Å². The van der Waals surface area contributed by atoms with Gasteiger partial charge in [0.05, 0.1) is 4.88 Å². The van der Waals surface area contributed by atoms with E-state index in [1.807, 2.05) is 0 Å². The van der Waals surface area contributed by atoms with Crippen LogP contribution in [0.3, 0.4) is 0 Å². The van der Waals surface area contributed by atoms with Gasteiger partial charge in [0, 0.05) is 15.8 Å². The normalized spacial score (nSPS) is 10.9. The van der Waals surface area contributed by atoms with E-state index in [0.29, 0.717) is 21.5 Å². The van der Waals surface area contributed by atoms with Crippen LogP contribution >= 0.6 is 11.3 Å². The highest BCUT2D eigenvalue weighted by Gasteiger charge is 2.18. The van der Waals surface area contributed by atoms with Crippen molar-refractivity contribution in [2.75, 3.05) is 5.32 Å². The number of amides is 1. The van der Waals surface area contributed by atoms with E-state index in [9.17, 15) is 13.6 Å². The Bertz CT molecular complexity index is 886. The van der Waals surface area contributed by atoms with Gasteiger partial charge in [0.25, 0.3) is 5.91 Å². The van der Waals surface area contributed by atoms with Gasteiger partial charge in [-0.05, 0) is 49.2 Å². The van der Waals surface area contributed by atoms with Crippen molar-refractivity contribution in [1.82, 2.24) is 0 Å². The molecule has 0 spiro atoms. The van der Waals surface area contributed by atoms with Gasteiger partial charge < -0.3 is 5.32 Å². The SMILES string of the molecule is Cc1ccc(F)cc1NC(=O)c1sc2cccc(F)c2c1C. The van der Waals surface area contributed by atoms with Crippen LogP contribution in [0.4, 0.5) is 14.5 Å². The number of thiophene rings is 1. The van der Waals surface area contributed by atoms with Crippen LogP contribution < -0.4 is 5.32 Å². The van der Waals surface area contributed by atoms with Crippen LogP contribution in [0, 0.1) is 25.5 Å². The second-order valence-electron chi connectivity index (χ2n) is 5.08. The fourth-order valence-corrected chi connectivity index (χ4v) is 3.50. The number of anilines is 1. The van der Waals surface area contributed by atoms with E-state index in [4.69, 9.17) is 0 Å². The molecule has 2 aromatic carbocycles. The van der Waals surface area contributed by atoms with Crippen molar-refractivity contribution >= 4 is 33.0 Å². The Morgan fingerprint density at radius 2 is 1.91 bits per heavy atom. The maximum atomic E-state index is 13.9. The first-order chi connectivity index (χ1) is 10.5. The molecule has 112 valence electrons. The molecule has 0 bridgehead atoms. The molecular weight excluding hydrogens is 304 g/mol. The Hall–Kier alpha value is -2.27. The third-order valence-electron chi connectivity index (χ3n) is 3.56. The average molecular weight is 317 g/mol. The molecule has 3 rings (SSSR count). The summed E-state index contributed by atoms with van der Waals surface area (Å²) < 4.78 is 27.9. The number of benzene rings is 2. The van der Waals surface area contributed by atoms with Crippen LogP contribution in [0.2, 0.25) is 0 Å². The zero-order chi connectivity index (χ0) is 15.9. The predicted molar refractivity (Wildman–Crippen MR) is 85.6 cm³/mol. The largest absolute Gasteiger partial charge is 0.321 e. The van der Waals surface area contributed by atoms with E-state index in [1.54, 1.807) is 32.0 Å². The summed E-state index contributed by atoms with van der Waals surface area (Å²) in [5.74, 6) is -1.11. The molecule has 1 N–H and O–H groups in total. The summed E-state index contributed by atoms with van der Waals surface area (Å²) in [7, 11) is 0. The standard InChI is InChI=1S/C17H13F2NOS/c1-9-6-7-11(18)8-13(9)20-17(21)16-10(2)15-12(19)4-3-5-14(15)22-16/h3-8H,1-2H3,(H,20,21). The van der Waals surface area contributed by atoms with Crippen molar-refractivity contribution in [3.63, 3.8) is 0 Å². The lowest BCUT2D eigenvalue weighted by atomic mass is 10.1. The van der Waals surface area contributed by atoms with E-state index in [0.717, 1.165) is 10.3 Å². The number of carbonyl (C=O) groups excluding carboxylic acids is 1. The number of carbonyl (C=O) groups is 1. The molecule has 0 aliphatic heterocycles. The molecule has 2 nitrogen and oxygen atoms in total. The molecule has 0 fully saturated rings. The molecule has 1 aromatic heterocycles. The van der Waals surface area contributed by atoms with Gasteiger partial charge in [-0.25, -0.2) is 8.78 Å². The van der Waals surface area contributed by atoms with Crippen molar-refractivity contribution < 1.29 is 13.6 Å². The summed E-state index contributed by atoms with van der Waals surface area (Å²) >= 11 is 1.23. The molecule has 5 heteroatoms. The van der Waals surface area contributed by atoms with Gasteiger partial charge in [-0.1, -0.05) is 12.1 Å². The molecule has 0 radical (unpaired) electrons. The minimum atomic E-state index is -0.417. The smallest absolute Gasteiger partial charge is 0.266 e. The van der Waals surface area contributed by atoms with Crippen LogP contribution in [0.15, 0.2) is 36.4 Å². The number of halogens is 2. The molecule has 0 aliphatic carbocycles. The molecule has 1 heterocycles. The minimum absolute atomic E-state index is 0.341. The molecule has 3 aromatic rings. The summed E-state index contributed by atoms with van der Waals surface area (Å²) in [5, 5.41) is 3.16. The Morgan fingerprint density at radius 1 is 1.14 bits per heavy atom. The van der Waals surface area contributed by atoms with Gasteiger partial charge in [-0.15, -0.1) is 11.3 Å². The summed E-state index contributed by atoms with van der Waals surface area (Å²) in [5.41, 5.74) is 1.78. The summed E-state index contributed by atoms with van der Waals surface area (Å²) in [6, 6.07) is 8.98. The van der Waals surface area contributed by atoms with Crippen LogP contribution in [0.1, 0.15) is 20.8 Å². The molecule has 0 saturated carbocycles. The third-order valence-corrected chi connectivity index (χ3v) is 4.81. The van der Waals surface area contributed by atoms with E-state index in [2.05, 4.69) is 5.32 Å². The van der Waals surface area contributed by atoms with Crippen molar-refractivity contribution in [2.24, 2.45) is 0 Å². The van der Waals surface area contributed by atoms with Crippen molar-refractivity contribution in [2.45, 2.75) is 13.8 Å². The Labute approximate surface area is 130 Å². The lowest BCUT2D eigenvalue weighted by Gasteiger charge is -2.08. The number of nitrogens with one attached hydrogen (secondary N) is 1. The van der Waals surface area contributed by atoms with E-state index in [1.165, 1.54) is 29.5 Å². The molecule has 0 aliphatic rings. The highest BCUT2D eigenvalue weighted by molar-refractivity contribution is 7.21. The molecular formula is C17H13F2NOS. The van der Waals surface area contributed by atoms with E-state index < -0.39 is 5.82 Å². The highest BCUT2D eigenvalue weighted by Crippen LogP contribution is 2.33. The molecule has 0 saturated heterocycles. The van der Waals surface area contributed by atoms with Crippen LogP contribution in [-0.2, 0) is 0 Å². The quantitative estimate of drug-likeness (QED) is 0.704. The molecule has 22 heavy (non-hydrogen) atoms. The van der Waals surface area contributed by atoms with Crippen molar-refractivity contribution in [1.29, 1.82) is 0 Å². The fourth-order valence-electron chi connectivity index (χ4n) is 2.38. The first-order valence-corrected chi connectivity index (χ1v) is 7.54. The van der Waals surface area contributed by atoms with Crippen LogP contribution in [0.25, 0.3) is 10.1 Å². The zero-order valence-electron chi connectivity index (χ0n) is 12.0. The van der Waals surface area contributed by atoms with Crippen LogP contribution in [0.5, 0.6) is 0 Å². The number of hydrogen-bond acceptors (Lipinski definition) is 2. The summed E-state index contributed by atoms with van der Waals surface area (Å²) in [6.45, 7) is 3.50. The minimum Gasteiger partial charge on any atom is -0.321 e. The number of aryl methyl sites for hydroxylation is 2. The number of rotatable bonds is 2. The van der Waals surface area contributed by atoms with Gasteiger partial charge in [-0.2, -0.15) is 0 Å². The van der Waals surface area contributed by atoms with Crippen molar-refractivity contribution in [3.8, 4) is 0 Å². The van der Waals surface area contributed by atoms with E-state index >= 15 is 0 Å². The Balaban J connectivity index is 2.01. The van der Waals surface area contributed by atoms with E-state index in [-0.39, 0.29) is 11.7 Å². The highest BCUT2D eigenvalue weighted by atomic mass is 32.1. The molecule has 0 unspecified atom stereocenters. The van der Waals surface area contributed by atoms with Gasteiger partial charge in [-0.3, -0.25) is 4.79 Å². The second kappa shape index (κ2) is 5.50. The maximum absolute atomic E-state index is 13.9. The first-order valence-electron chi connectivity index (χ1n) is 6.72. The van der Waals surface area contributed by atoms with Crippen LogP contribution in [-0.4, -0.2) is 5.91 Å². The Morgan fingerprint density at radius 3 is 2.64 bits per heavy atom. The third kappa shape index (κ3) is 2.48.